The number of likely N-dealkylation sites (N-methyl/N-ethyl adjacent to an activating group) is 1. The Morgan fingerprint density at radius 3 is 2.22 bits per heavy atom. The Hall–Kier alpha value is -4.86. The lowest BCUT2D eigenvalue weighted by molar-refractivity contribution is -0.148. The van der Waals surface area contributed by atoms with Gasteiger partial charge in [0.15, 0.2) is 0 Å². The fourth-order valence-corrected chi connectivity index (χ4v) is 8.99. The maximum absolute atomic E-state index is 14.4. The molecule has 1 aromatic heterocycles. The predicted octanol–water partition coefficient (Wildman–Crippen LogP) is 6.62. The maximum atomic E-state index is 14.4. The first-order valence-electron chi connectivity index (χ1n) is 22.1. The molecule has 0 saturated carbocycles. The maximum Gasteiger partial charge on any atom is 0.408 e. The highest BCUT2D eigenvalue weighted by Gasteiger charge is 2.44. The number of ether oxygens (including phenoxy) is 3. The first kappa shape index (κ1) is 50.8. The SMILES string of the molecule is CC[C@H](C)[C@@H]([C@@H](CC(=O)N1CCC[C@H]1[C@H](OC)[C@@H](C)C(=O)N[C@@H](Cc1ccccc1)c1nccs1)OC)N(C)C(=O)[C@@H](NC(=O)C(C)(C)NC(=O)OCc1ccc(C)cc1)C(C)C. The first-order chi connectivity index (χ1) is 29.9. The Bertz CT molecular complexity index is 1930. The number of benzene rings is 2. The van der Waals surface area contributed by atoms with E-state index in [0.29, 0.717) is 25.8 Å². The molecule has 3 N–H and O–H groups in total. The van der Waals surface area contributed by atoms with Crippen molar-refractivity contribution in [1.29, 1.82) is 0 Å². The summed E-state index contributed by atoms with van der Waals surface area (Å²) in [5.74, 6) is -2.25. The van der Waals surface area contributed by atoms with Crippen molar-refractivity contribution in [3.8, 4) is 0 Å². The summed E-state index contributed by atoms with van der Waals surface area (Å²) in [6, 6.07) is 15.4. The third kappa shape index (κ3) is 13.8. The summed E-state index contributed by atoms with van der Waals surface area (Å²) in [4.78, 5) is 77.2. The zero-order valence-corrected chi connectivity index (χ0v) is 39.8. The molecule has 0 radical (unpaired) electrons. The second kappa shape index (κ2) is 23.7. The van der Waals surface area contributed by atoms with E-state index in [1.165, 1.54) is 11.3 Å². The number of aromatic nitrogens is 1. The van der Waals surface area contributed by atoms with Gasteiger partial charge in [0.05, 0.1) is 42.7 Å². The zero-order chi connectivity index (χ0) is 46.4. The van der Waals surface area contributed by atoms with E-state index in [1.54, 1.807) is 51.1 Å². The Labute approximate surface area is 378 Å². The molecule has 1 saturated heterocycles. The van der Waals surface area contributed by atoms with E-state index in [2.05, 4.69) is 20.9 Å². The molecule has 4 rings (SSSR count). The minimum atomic E-state index is -1.41. The molecule has 0 aliphatic carbocycles. The Balaban J connectivity index is 1.44. The van der Waals surface area contributed by atoms with Gasteiger partial charge in [0.1, 0.15) is 23.2 Å². The van der Waals surface area contributed by atoms with Crippen LogP contribution in [0, 0.1) is 24.7 Å². The van der Waals surface area contributed by atoms with Crippen LogP contribution in [0.15, 0.2) is 66.2 Å². The van der Waals surface area contributed by atoms with E-state index in [-0.39, 0.29) is 54.7 Å². The van der Waals surface area contributed by atoms with Crippen LogP contribution in [0.5, 0.6) is 0 Å². The van der Waals surface area contributed by atoms with Crippen LogP contribution < -0.4 is 16.0 Å². The predicted molar refractivity (Wildman–Crippen MR) is 245 cm³/mol. The highest BCUT2D eigenvalue weighted by atomic mass is 32.1. The van der Waals surface area contributed by atoms with Gasteiger partial charge in [-0.1, -0.05) is 101 Å². The molecule has 1 aliphatic heterocycles. The topological polar surface area (TPSA) is 168 Å². The number of nitrogens with zero attached hydrogens (tertiary/aromatic N) is 3. The quantitative estimate of drug-likeness (QED) is 0.101. The molecular weight excluding hydrogens is 821 g/mol. The van der Waals surface area contributed by atoms with E-state index >= 15 is 0 Å². The molecule has 0 spiro atoms. The van der Waals surface area contributed by atoms with Gasteiger partial charge in [-0.2, -0.15) is 0 Å². The van der Waals surface area contributed by atoms with E-state index in [1.807, 2.05) is 102 Å². The molecule has 63 heavy (non-hydrogen) atoms. The number of hydrogen-bond donors (Lipinski definition) is 3. The van der Waals surface area contributed by atoms with E-state index in [4.69, 9.17) is 14.2 Å². The molecule has 0 bridgehead atoms. The number of carbonyl (C=O) groups excluding carboxylic acids is 5. The molecule has 346 valence electrons. The molecule has 14 nitrogen and oxygen atoms in total. The lowest BCUT2D eigenvalue weighted by Crippen LogP contribution is -2.62. The fraction of sp³-hybridized carbons (Fsp3) is 0.583. The minimum absolute atomic E-state index is 0.0137. The van der Waals surface area contributed by atoms with E-state index < -0.39 is 47.7 Å². The Morgan fingerprint density at radius 1 is 0.952 bits per heavy atom. The highest BCUT2D eigenvalue weighted by molar-refractivity contribution is 7.09. The third-order valence-electron chi connectivity index (χ3n) is 12.3. The van der Waals surface area contributed by atoms with Gasteiger partial charge < -0.3 is 40.0 Å². The molecule has 15 heteroatoms. The van der Waals surface area contributed by atoms with Crippen LogP contribution in [0.4, 0.5) is 4.79 Å². The van der Waals surface area contributed by atoms with Crippen molar-refractivity contribution in [3.63, 3.8) is 0 Å². The number of nitrogens with one attached hydrogen (secondary N) is 3. The average Bonchev–Trinajstić information content (AvgIpc) is 3.98. The van der Waals surface area contributed by atoms with E-state index in [9.17, 15) is 24.0 Å². The van der Waals surface area contributed by atoms with Crippen LogP contribution in [-0.4, -0.2) is 108 Å². The standard InChI is InChI=1S/C48H70N6O8S/c1-12-32(5)41(53(9)45(57)40(30(2)3)51-46(58)48(7,8)52-47(59)62-29-35-22-20-31(4)21-23-35)38(60-10)28-39(55)54-25-16-19-37(54)42(61-11)33(6)43(56)50-36(44-49-24-26-63-44)27-34-17-14-13-15-18-34/h13-15,17-18,20-24,26,30,32-33,36-38,40-42H,12,16,19,25,27-29H2,1-11H3,(H,50,56)(H,51,58)(H,52,59)/t32-,33+,36-,37-,38+,40-,41-,42+/m0/s1. The largest absolute Gasteiger partial charge is 0.445 e. The van der Waals surface area contributed by atoms with Crippen LogP contribution in [0.25, 0.3) is 0 Å². The summed E-state index contributed by atoms with van der Waals surface area (Å²) in [5, 5.41) is 11.4. The number of aryl methyl sites for hydroxylation is 1. The van der Waals surface area contributed by atoms with Crippen molar-refractivity contribution in [2.75, 3.05) is 27.8 Å². The number of amides is 5. The monoisotopic (exact) mass is 890 g/mol. The molecule has 5 amide bonds. The number of likely N-dealkylation sites (tertiary alicyclic amines) is 1. The molecular formula is C48H70N6O8S. The smallest absolute Gasteiger partial charge is 0.408 e. The van der Waals surface area contributed by atoms with E-state index in [0.717, 1.165) is 28.1 Å². The van der Waals surface area contributed by atoms with Crippen molar-refractivity contribution in [2.45, 2.75) is 136 Å². The third-order valence-corrected chi connectivity index (χ3v) is 13.2. The normalized spacial score (nSPS) is 17.5. The van der Waals surface area contributed by atoms with Gasteiger partial charge in [0.2, 0.25) is 23.6 Å². The molecule has 2 aromatic carbocycles. The second-order valence-electron chi connectivity index (χ2n) is 17.7. The lowest BCUT2D eigenvalue weighted by Gasteiger charge is -2.41. The number of rotatable bonds is 22. The van der Waals surface area contributed by atoms with Crippen molar-refractivity contribution < 1.29 is 38.2 Å². The summed E-state index contributed by atoms with van der Waals surface area (Å²) in [6.07, 6.45) is 2.37. The van der Waals surface area contributed by atoms with Crippen molar-refractivity contribution >= 4 is 41.1 Å². The van der Waals surface area contributed by atoms with Gasteiger partial charge in [-0.15, -0.1) is 11.3 Å². The molecule has 2 heterocycles. The molecule has 8 atom stereocenters. The summed E-state index contributed by atoms with van der Waals surface area (Å²) in [6.45, 7) is 15.1. The number of carbonyl (C=O) groups is 5. The summed E-state index contributed by atoms with van der Waals surface area (Å²) < 4.78 is 17.5. The summed E-state index contributed by atoms with van der Waals surface area (Å²) in [7, 11) is 4.80. The number of methoxy groups -OCH3 is 2. The zero-order valence-electron chi connectivity index (χ0n) is 39.0. The van der Waals surface area contributed by atoms with Gasteiger partial charge in [-0.3, -0.25) is 19.2 Å². The number of alkyl carbamates (subject to hydrolysis) is 1. The molecule has 0 unspecified atom stereocenters. The summed E-state index contributed by atoms with van der Waals surface area (Å²) >= 11 is 1.49. The minimum Gasteiger partial charge on any atom is -0.445 e. The lowest BCUT2D eigenvalue weighted by atomic mass is 9.89. The van der Waals surface area contributed by atoms with Crippen molar-refractivity contribution in [2.24, 2.45) is 17.8 Å². The van der Waals surface area contributed by atoms with Crippen molar-refractivity contribution in [1.82, 2.24) is 30.7 Å². The molecule has 1 aliphatic rings. The summed E-state index contributed by atoms with van der Waals surface area (Å²) in [5.41, 5.74) is 1.56. The van der Waals surface area contributed by atoms with Gasteiger partial charge in [-0.25, -0.2) is 9.78 Å². The van der Waals surface area contributed by atoms with Crippen molar-refractivity contribution in [3.05, 3.63) is 87.9 Å². The number of thiazole rings is 1. The Kier molecular flexibility index (Phi) is 19.1. The van der Waals surface area contributed by atoms with Crippen LogP contribution >= 0.6 is 11.3 Å². The van der Waals surface area contributed by atoms with Crippen LogP contribution in [-0.2, 0) is 46.4 Å². The van der Waals surface area contributed by atoms with Gasteiger partial charge in [0, 0.05) is 39.4 Å². The second-order valence-corrected chi connectivity index (χ2v) is 18.6. The molecule has 1 fully saturated rings. The molecule has 3 aromatic rings. The number of hydrogen-bond acceptors (Lipinski definition) is 10. The van der Waals surface area contributed by atoms with Gasteiger partial charge in [0.25, 0.3) is 0 Å². The van der Waals surface area contributed by atoms with Gasteiger partial charge >= 0.3 is 6.09 Å². The highest BCUT2D eigenvalue weighted by Crippen LogP contribution is 2.31. The first-order valence-corrected chi connectivity index (χ1v) is 23.0. The fourth-order valence-electron chi connectivity index (χ4n) is 8.30. The van der Waals surface area contributed by atoms with Crippen LogP contribution in [0.3, 0.4) is 0 Å². The average molecular weight is 891 g/mol. The van der Waals surface area contributed by atoms with Crippen LogP contribution in [0.2, 0.25) is 0 Å². The van der Waals surface area contributed by atoms with Crippen LogP contribution in [0.1, 0.15) is 102 Å². The Morgan fingerprint density at radius 2 is 1.63 bits per heavy atom. The van der Waals surface area contributed by atoms with Gasteiger partial charge in [-0.05, 0) is 63.0 Å².